The van der Waals surface area contributed by atoms with Gasteiger partial charge >= 0.3 is 0 Å². The van der Waals surface area contributed by atoms with Crippen LogP contribution in [-0.2, 0) is 27.5 Å². The fourth-order valence-corrected chi connectivity index (χ4v) is 3.04. The Morgan fingerprint density at radius 2 is 1.56 bits per heavy atom. The summed E-state index contributed by atoms with van der Waals surface area (Å²) in [5.74, 6) is -0.202. The summed E-state index contributed by atoms with van der Waals surface area (Å²) in [5.41, 5.74) is 2.01. The van der Waals surface area contributed by atoms with E-state index in [4.69, 9.17) is 4.74 Å². The van der Waals surface area contributed by atoms with Crippen LogP contribution in [0.5, 0.6) is 0 Å². The maximum absolute atomic E-state index is 12.6. The van der Waals surface area contributed by atoms with Gasteiger partial charge in [-0.2, -0.15) is 0 Å². The molecule has 25 heavy (non-hydrogen) atoms. The Hall–Kier alpha value is -2.46. The SMILES string of the molecule is CC(C)C(=O)[C@H]1[C@@H](OCc2ccccc2)C(=O)N1Cc1ccccc1. The van der Waals surface area contributed by atoms with Gasteiger partial charge in [-0.25, -0.2) is 0 Å². The van der Waals surface area contributed by atoms with Crippen molar-refractivity contribution in [3.8, 4) is 0 Å². The summed E-state index contributed by atoms with van der Waals surface area (Å²) in [5, 5.41) is 0. The first-order chi connectivity index (χ1) is 12.1. The summed E-state index contributed by atoms with van der Waals surface area (Å²) in [6.07, 6.45) is -0.682. The van der Waals surface area contributed by atoms with Gasteiger partial charge in [0, 0.05) is 12.5 Å². The lowest BCUT2D eigenvalue weighted by molar-refractivity contribution is -0.181. The van der Waals surface area contributed by atoms with Crippen molar-refractivity contribution in [3.05, 3.63) is 71.8 Å². The Bertz CT molecular complexity index is 727. The molecule has 0 aromatic heterocycles. The summed E-state index contributed by atoms with van der Waals surface area (Å²) in [7, 11) is 0. The first-order valence-electron chi connectivity index (χ1n) is 8.61. The number of hydrogen-bond acceptors (Lipinski definition) is 3. The molecule has 0 bridgehead atoms. The van der Waals surface area contributed by atoms with Gasteiger partial charge in [0.1, 0.15) is 6.04 Å². The van der Waals surface area contributed by atoms with E-state index >= 15 is 0 Å². The van der Waals surface area contributed by atoms with E-state index in [0.717, 1.165) is 11.1 Å². The standard InChI is InChI=1S/C21H23NO3/c1-15(2)19(23)18-20(25-14-17-11-7-4-8-12-17)21(24)22(18)13-16-9-5-3-6-10-16/h3-12,15,18,20H,13-14H2,1-2H3/t18-,20+/m0/s1. The molecule has 0 saturated carbocycles. The maximum atomic E-state index is 12.6. The second kappa shape index (κ2) is 7.62. The normalized spacial score (nSPS) is 19.8. The number of Topliss-reactive ketones (excluding diaryl/α,β-unsaturated/α-hetero) is 1. The third-order valence-electron chi connectivity index (χ3n) is 4.48. The Morgan fingerprint density at radius 3 is 2.12 bits per heavy atom. The summed E-state index contributed by atoms with van der Waals surface area (Å²) < 4.78 is 5.82. The van der Waals surface area contributed by atoms with E-state index in [1.165, 1.54) is 0 Å². The molecule has 0 aliphatic carbocycles. The minimum absolute atomic E-state index is 0.0496. The van der Waals surface area contributed by atoms with Gasteiger partial charge in [0.25, 0.3) is 5.91 Å². The summed E-state index contributed by atoms with van der Waals surface area (Å²) in [6, 6.07) is 18.9. The van der Waals surface area contributed by atoms with Crippen LogP contribution in [0.3, 0.4) is 0 Å². The number of carbonyl (C=O) groups excluding carboxylic acids is 2. The molecule has 4 heteroatoms. The Kier molecular flexibility index (Phi) is 5.29. The number of likely N-dealkylation sites (tertiary alicyclic amines) is 1. The van der Waals surface area contributed by atoms with Crippen molar-refractivity contribution in [1.82, 2.24) is 4.90 Å². The average Bonchev–Trinajstić information content (AvgIpc) is 2.64. The Balaban J connectivity index is 1.71. The molecule has 1 amide bonds. The lowest BCUT2D eigenvalue weighted by Gasteiger charge is -2.46. The summed E-state index contributed by atoms with van der Waals surface area (Å²) in [4.78, 5) is 26.8. The number of hydrogen-bond donors (Lipinski definition) is 0. The van der Waals surface area contributed by atoms with Crippen LogP contribution in [0.25, 0.3) is 0 Å². The second-order valence-electron chi connectivity index (χ2n) is 6.67. The summed E-state index contributed by atoms with van der Waals surface area (Å²) >= 11 is 0. The molecule has 0 unspecified atom stereocenters. The number of β-lactam (4-membered cyclic amide) rings is 1. The van der Waals surface area contributed by atoms with Crippen molar-refractivity contribution < 1.29 is 14.3 Å². The largest absolute Gasteiger partial charge is 0.361 e. The number of benzene rings is 2. The molecule has 0 radical (unpaired) electrons. The third-order valence-corrected chi connectivity index (χ3v) is 4.48. The fourth-order valence-electron chi connectivity index (χ4n) is 3.04. The van der Waals surface area contributed by atoms with Gasteiger partial charge in [0.15, 0.2) is 11.9 Å². The molecule has 1 aliphatic heterocycles. The predicted molar refractivity (Wildman–Crippen MR) is 95.6 cm³/mol. The van der Waals surface area contributed by atoms with Gasteiger partial charge in [0.2, 0.25) is 0 Å². The molecule has 3 rings (SSSR count). The van der Waals surface area contributed by atoms with Crippen LogP contribution in [0.4, 0.5) is 0 Å². The second-order valence-corrected chi connectivity index (χ2v) is 6.67. The highest BCUT2D eigenvalue weighted by atomic mass is 16.5. The zero-order valence-corrected chi connectivity index (χ0v) is 14.6. The third kappa shape index (κ3) is 3.80. The van der Waals surface area contributed by atoms with E-state index in [-0.39, 0.29) is 17.6 Å². The number of carbonyl (C=O) groups is 2. The van der Waals surface area contributed by atoms with Crippen LogP contribution in [0.15, 0.2) is 60.7 Å². The number of rotatable bonds is 7. The molecule has 0 spiro atoms. The smallest absolute Gasteiger partial charge is 0.255 e. The van der Waals surface area contributed by atoms with E-state index in [2.05, 4.69) is 0 Å². The number of nitrogens with zero attached hydrogens (tertiary/aromatic N) is 1. The van der Waals surface area contributed by atoms with Crippen molar-refractivity contribution in [2.45, 2.75) is 39.1 Å². The topological polar surface area (TPSA) is 46.6 Å². The van der Waals surface area contributed by atoms with Gasteiger partial charge in [-0.05, 0) is 11.1 Å². The Labute approximate surface area is 148 Å². The molecule has 2 aromatic carbocycles. The predicted octanol–water partition coefficient (Wildman–Crippen LogP) is 3.21. The van der Waals surface area contributed by atoms with Gasteiger partial charge in [-0.3, -0.25) is 9.59 Å². The highest BCUT2D eigenvalue weighted by Crippen LogP contribution is 2.29. The van der Waals surface area contributed by atoms with Crippen molar-refractivity contribution >= 4 is 11.7 Å². The number of ether oxygens (including phenoxy) is 1. The lowest BCUT2D eigenvalue weighted by atomic mass is 9.87. The average molecular weight is 337 g/mol. The molecule has 1 saturated heterocycles. The minimum atomic E-state index is -0.682. The van der Waals surface area contributed by atoms with Gasteiger partial charge < -0.3 is 9.64 Å². The van der Waals surface area contributed by atoms with Gasteiger partial charge in [-0.1, -0.05) is 74.5 Å². The van der Waals surface area contributed by atoms with E-state index in [1.807, 2.05) is 74.5 Å². The van der Waals surface area contributed by atoms with Gasteiger partial charge in [0.05, 0.1) is 6.61 Å². The zero-order chi connectivity index (χ0) is 17.8. The first-order valence-corrected chi connectivity index (χ1v) is 8.61. The molecule has 1 aliphatic rings. The molecule has 4 nitrogen and oxygen atoms in total. The van der Waals surface area contributed by atoms with Crippen LogP contribution in [0.1, 0.15) is 25.0 Å². The quantitative estimate of drug-likeness (QED) is 0.729. The van der Waals surface area contributed by atoms with E-state index < -0.39 is 12.1 Å². The van der Waals surface area contributed by atoms with Crippen LogP contribution in [0.2, 0.25) is 0 Å². The Morgan fingerprint density at radius 1 is 1.00 bits per heavy atom. The first kappa shape index (κ1) is 17.4. The molecule has 1 fully saturated rings. The van der Waals surface area contributed by atoms with Crippen LogP contribution < -0.4 is 0 Å². The minimum Gasteiger partial charge on any atom is -0.361 e. The van der Waals surface area contributed by atoms with Crippen molar-refractivity contribution in [3.63, 3.8) is 0 Å². The molecule has 2 aromatic rings. The van der Waals surface area contributed by atoms with Crippen LogP contribution in [0, 0.1) is 5.92 Å². The molecular formula is C21H23NO3. The van der Waals surface area contributed by atoms with E-state index in [1.54, 1.807) is 4.90 Å². The maximum Gasteiger partial charge on any atom is 0.255 e. The van der Waals surface area contributed by atoms with Gasteiger partial charge in [-0.15, -0.1) is 0 Å². The number of amides is 1. The monoisotopic (exact) mass is 337 g/mol. The highest BCUT2D eigenvalue weighted by Gasteiger charge is 2.52. The zero-order valence-electron chi connectivity index (χ0n) is 14.6. The highest BCUT2D eigenvalue weighted by molar-refractivity contribution is 6.02. The van der Waals surface area contributed by atoms with Crippen molar-refractivity contribution in [2.24, 2.45) is 5.92 Å². The van der Waals surface area contributed by atoms with E-state index in [9.17, 15) is 9.59 Å². The number of ketones is 1. The van der Waals surface area contributed by atoms with Crippen LogP contribution in [-0.4, -0.2) is 28.7 Å². The molecular weight excluding hydrogens is 314 g/mol. The van der Waals surface area contributed by atoms with Crippen molar-refractivity contribution in [1.29, 1.82) is 0 Å². The van der Waals surface area contributed by atoms with Crippen molar-refractivity contribution in [2.75, 3.05) is 0 Å². The fraction of sp³-hybridized carbons (Fsp3) is 0.333. The molecule has 0 N–H and O–H groups in total. The molecule has 2 atom stereocenters. The summed E-state index contributed by atoms with van der Waals surface area (Å²) in [6.45, 7) is 4.49. The van der Waals surface area contributed by atoms with Crippen LogP contribution >= 0.6 is 0 Å². The van der Waals surface area contributed by atoms with E-state index in [0.29, 0.717) is 13.2 Å². The molecule has 1 heterocycles. The molecule has 130 valence electrons. The lowest BCUT2D eigenvalue weighted by Crippen LogP contribution is -2.68.